The molecule has 0 atom stereocenters. The number of aromatic carboxylic acids is 2. The van der Waals surface area contributed by atoms with Gasteiger partial charge in [-0.2, -0.15) is 0 Å². The second-order valence-electron chi connectivity index (χ2n) is 5.84. The van der Waals surface area contributed by atoms with Gasteiger partial charge in [0.1, 0.15) is 11.5 Å². The lowest BCUT2D eigenvalue weighted by molar-refractivity contribution is -0.143. The highest BCUT2D eigenvalue weighted by Gasteiger charge is 2.46. The number of nitrogens with two attached hydrogens (primary N) is 1. The Morgan fingerprint density at radius 1 is 0.857 bits per heavy atom. The summed E-state index contributed by atoms with van der Waals surface area (Å²) in [5, 5.41) is 51.4. The quantitative estimate of drug-likeness (QED) is 0.331. The molecule has 0 aliphatic rings. The molecular formula is C18H18N2O8. The number of rotatable bonds is 8. The molecule has 28 heavy (non-hydrogen) atoms. The summed E-state index contributed by atoms with van der Waals surface area (Å²) in [6.45, 7) is -0.0382. The van der Waals surface area contributed by atoms with Crippen LogP contribution in [0.15, 0.2) is 36.4 Å². The number of hydrogen-bond acceptors (Lipinski definition) is 7. The average molecular weight is 390 g/mol. The SMILES string of the molecule is NCCNC(C(=O)O)(c1ccc(C(=O)O)cc1O)c1ccc(C(=O)O)cc1O. The minimum Gasteiger partial charge on any atom is -0.508 e. The minimum atomic E-state index is -2.22. The molecule has 0 radical (unpaired) electrons. The van der Waals surface area contributed by atoms with Crippen molar-refractivity contribution < 1.29 is 39.9 Å². The molecule has 148 valence electrons. The van der Waals surface area contributed by atoms with Crippen LogP contribution in [0.25, 0.3) is 0 Å². The number of nitrogens with one attached hydrogen (secondary N) is 1. The minimum absolute atomic E-state index is 0.0109. The molecule has 0 saturated carbocycles. The van der Waals surface area contributed by atoms with Crippen LogP contribution in [0.3, 0.4) is 0 Å². The number of hydrogen-bond donors (Lipinski definition) is 7. The van der Waals surface area contributed by atoms with Gasteiger partial charge in [0.2, 0.25) is 0 Å². The first-order valence-corrected chi connectivity index (χ1v) is 7.97. The zero-order chi connectivity index (χ0) is 21.1. The van der Waals surface area contributed by atoms with E-state index in [-0.39, 0.29) is 35.3 Å². The predicted octanol–water partition coefficient (Wildman–Crippen LogP) is 0.371. The third-order valence-corrected chi connectivity index (χ3v) is 4.15. The van der Waals surface area contributed by atoms with Crippen molar-refractivity contribution in [1.29, 1.82) is 0 Å². The molecule has 10 heteroatoms. The Bertz CT molecular complexity index is 878. The van der Waals surface area contributed by atoms with E-state index >= 15 is 0 Å². The van der Waals surface area contributed by atoms with Crippen LogP contribution in [-0.4, -0.2) is 56.5 Å². The zero-order valence-electron chi connectivity index (χ0n) is 14.4. The van der Waals surface area contributed by atoms with Crippen LogP contribution >= 0.6 is 0 Å². The molecule has 2 aromatic carbocycles. The molecule has 2 rings (SSSR count). The summed E-state index contributed by atoms with van der Waals surface area (Å²) >= 11 is 0. The van der Waals surface area contributed by atoms with E-state index in [0.717, 1.165) is 36.4 Å². The fourth-order valence-electron chi connectivity index (χ4n) is 2.86. The van der Waals surface area contributed by atoms with Crippen molar-refractivity contribution in [3.63, 3.8) is 0 Å². The highest BCUT2D eigenvalue weighted by atomic mass is 16.4. The smallest absolute Gasteiger partial charge is 0.335 e. The van der Waals surface area contributed by atoms with Crippen LogP contribution in [0.5, 0.6) is 11.5 Å². The van der Waals surface area contributed by atoms with Gasteiger partial charge in [-0.15, -0.1) is 0 Å². The third-order valence-electron chi connectivity index (χ3n) is 4.15. The number of carbonyl (C=O) groups is 3. The number of aliphatic carboxylic acids is 1. The van der Waals surface area contributed by atoms with Crippen LogP contribution in [0, 0.1) is 0 Å². The Labute approximate surface area is 158 Å². The van der Waals surface area contributed by atoms with Crippen molar-refractivity contribution in [3.8, 4) is 11.5 Å². The van der Waals surface area contributed by atoms with Gasteiger partial charge < -0.3 is 31.3 Å². The molecular weight excluding hydrogens is 372 g/mol. The Balaban J connectivity index is 2.80. The Hall–Kier alpha value is -3.63. The number of aromatic hydroxyl groups is 2. The molecule has 0 saturated heterocycles. The molecule has 10 nitrogen and oxygen atoms in total. The maximum atomic E-state index is 12.3. The molecule has 2 aromatic rings. The van der Waals surface area contributed by atoms with Gasteiger partial charge in [-0.25, -0.2) is 14.4 Å². The van der Waals surface area contributed by atoms with Gasteiger partial charge >= 0.3 is 17.9 Å². The second kappa shape index (κ2) is 7.94. The summed E-state index contributed by atoms with van der Waals surface area (Å²) in [7, 11) is 0. The van der Waals surface area contributed by atoms with Gasteiger partial charge in [0.05, 0.1) is 11.1 Å². The summed E-state index contributed by atoms with van der Waals surface area (Å²) in [5.74, 6) is -5.47. The van der Waals surface area contributed by atoms with E-state index in [1.54, 1.807) is 0 Å². The summed E-state index contributed by atoms with van der Waals surface area (Å²) in [4.78, 5) is 34.5. The van der Waals surface area contributed by atoms with Crippen LogP contribution in [0.2, 0.25) is 0 Å². The zero-order valence-corrected chi connectivity index (χ0v) is 14.4. The number of carboxylic acids is 3. The fourth-order valence-corrected chi connectivity index (χ4v) is 2.86. The van der Waals surface area contributed by atoms with Crippen molar-refractivity contribution in [1.82, 2.24) is 5.32 Å². The molecule has 0 aliphatic carbocycles. The van der Waals surface area contributed by atoms with E-state index in [2.05, 4.69) is 5.32 Å². The van der Waals surface area contributed by atoms with Gasteiger partial charge in [-0.1, -0.05) is 12.1 Å². The summed E-state index contributed by atoms with van der Waals surface area (Å²) in [5.41, 5.74) is 2.19. The van der Waals surface area contributed by atoms with Crippen molar-refractivity contribution in [2.24, 2.45) is 5.73 Å². The van der Waals surface area contributed by atoms with E-state index < -0.39 is 34.9 Å². The number of phenols is 2. The highest BCUT2D eigenvalue weighted by Crippen LogP contribution is 2.40. The lowest BCUT2D eigenvalue weighted by Gasteiger charge is -2.33. The van der Waals surface area contributed by atoms with Gasteiger partial charge in [0, 0.05) is 24.2 Å². The van der Waals surface area contributed by atoms with Crippen molar-refractivity contribution in [2.45, 2.75) is 5.54 Å². The molecule has 0 amide bonds. The van der Waals surface area contributed by atoms with Crippen molar-refractivity contribution in [2.75, 3.05) is 13.1 Å². The summed E-state index contributed by atoms with van der Waals surface area (Å²) < 4.78 is 0. The maximum Gasteiger partial charge on any atom is 0.335 e. The van der Waals surface area contributed by atoms with Crippen LogP contribution in [0.1, 0.15) is 31.8 Å². The first-order chi connectivity index (χ1) is 13.1. The monoisotopic (exact) mass is 390 g/mol. The van der Waals surface area contributed by atoms with E-state index in [4.69, 9.17) is 15.9 Å². The Morgan fingerprint density at radius 3 is 1.57 bits per heavy atom. The van der Waals surface area contributed by atoms with Gasteiger partial charge in [0.15, 0.2) is 5.54 Å². The Morgan fingerprint density at radius 2 is 1.29 bits per heavy atom. The van der Waals surface area contributed by atoms with Crippen LogP contribution in [-0.2, 0) is 10.3 Å². The molecule has 0 heterocycles. The number of phenolic OH excluding ortho intramolecular Hbond substituents is 2. The molecule has 0 bridgehead atoms. The third kappa shape index (κ3) is 3.59. The number of carboxylic acid groups (broad SMARTS) is 3. The topological polar surface area (TPSA) is 190 Å². The van der Waals surface area contributed by atoms with Gasteiger partial charge in [0.25, 0.3) is 0 Å². The molecule has 8 N–H and O–H groups in total. The second-order valence-corrected chi connectivity index (χ2v) is 5.84. The van der Waals surface area contributed by atoms with Gasteiger partial charge in [-0.3, -0.25) is 5.32 Å². The summed E-state index contributed by atoms with van der Waals surface area (Å²) in [6.07, 6.45) is 0. The van der Waals surface area contributed by atoms with Crippen LogP contribution < -0.4 is 11.1 Å². The molecule has 0 unspecified atom stereocenters. The van der Waals surface area contributed by atoms with Crippen LogP contribution in [0.4, 0.5) is 0 Å². The first kappa shape index (κ1) is 20.7. The average Bonchev–Trinajstić information content (AvgIpc) is 2.63. The highest BCUT2D eigenvalue weighted by molar-refractivity contribution is 5.92. The number of benzene rings is 2. The van der Waals surface area contributed by atoms with E-state index in [1.807, 2.05) is 0 Å². The van der Waals surface area contributed by atoms with Gasteiger partial charge in [-0.05, 0) is 24.3 Å². The van der Waals surface area contributed by atoms with Crippen molar-refractivity contribution in [3.05, 3.63) is 58.7 Å². The fraction of sp³-hybridized carbons (Fsp3) is 0.167. The Kier molecular flexibility index (Phi) is 5.87. The standard InChI is InChI=1S/C18H18N2O8/c19-5-6-20-18(17(27)28,11-3-1-9(15(23)24)7-13(11)21)12-4-2-10(16(25)26)8-14(12)22/h1-4,7-8,20-22H,5-6,19H2,(H,23,24)(H,25,26)(H,27,28). The molecule has 0 aromatic heterocycles. The lowest BCUT2D eigenvalue weighted by atomic mass is 9.80. The normalized spacial score (nSPS) is 11.2. The molecule has 0 aliphatic heterocycles. The largest absolute Gasteiger partial charge is 0.508 e. The molecule has 0 fully saturated rings. The first-order valence-electron chi connectivity index (χ1n) is 7.97. The van der Waals surface area contributed by atoms with E-state index in [0.29, 0.717) is 0 Å². The lowest BCUT2D eigenvalue weighted by Crippen LogP contribution is -2.51. The maximum absolute atomic E-state index is 12.3. The van der Waals surface area contributed by atoms with E-state index in [1.165, 1.54) is 0 Å². The predicted molar refractivity (Wildman–Crippen MR) is 95.6 cm³/mol. The molecule has 0 spiro atoms. The van der Waals surface area contributed by atoms with Crippen molar-refractivity contribution >= 4 is 17.9 Å². The summed E-state index contributed by atoms with van der Waals surface area (Å²) in [6, 6.07) is 6.15. The van der Waals surface area contributed by atoms with E-state index in [9.17, 15) is 29.7 Å².